The van der Waals surface area contributed by atoms with E-state index in [1.54, 1.807) is 6.07 Å². The number of aromatic nitrogens is 2. The summed E-state index contributed by atoms with van der Waals surface area (Å²) in [6.07, 6.45) is 1.99. The van der Waals surface area contributed by atoms with Crippen molar-refractivity contribution >= 4 is 23.2 Å². The molecule has 0 fully saturated rings. The van der Waals surface area contributed by atoms with Gasteiger partial charge in [-0.3, -0.25) is 0 Å². The van der Waals surface area contributed by atoms with Crippen LogP contribution in [0.25, 0.3) is 11.3 Å². The number of aryl methyl sites for hydroxylation is 2. The molecule has 0 N–H and O–H groups in total. The SMILES string of the molecule is CCO[C@H]1Cc2ccccc2[C@H]1Oc1nc(CC)c(-c2ccc(Cl)cc2Cl)nc1CC. The van der Waals surface area contributed by atoms with E-state index in [0.29, 0.717) is 35.4 Å². The molecule has 4 rings (SSSR count). The first-order valence-corrected chi connectivity index (χ1v) is 11.5. The predicted octanol–water partition coefficient (Wildman–Crippen LogP) is 6.66. The van der Waals surface area contributed by atoms with Gasteiger partial charge in [0.15, 0.2) is 6.10 Å². The zero-order valence-corrected chi connectivity index (χ0v) is 19.5. The second-order valence-corrected chi connectivity index (χ2v) is 8.38. The molecule has 0 unspecified atom stereocenters. The van der Waals surface area contributed by atoms with Crippen LogP contribution in [0.1, 0.15) is 49.4 Å². The van der Waals surface area contributed by atoms with E-state index in [1.807, 2.05) is 25.1 Å². The Bertz CT molecular complexity index is 1090. The quantitative estimate of drug-likeness (QED) is 0.398. The Morgan fingerprint density at radius 1 is 0.968 bits per heavy atom. The van der Waals surface area contributed by atoms with E-state index < -0.39 is 0 Å². The first-order valence-electron chi connectivity index (χ1n) is 10.8. The lowest BCUT2D eigenvalue weighted by molar-refractivity contribution is -0.0129. The third-order valence-corrected chi connectivity index (χ3v) is 6.15. The molecule has 0 aliphatic heterocycles. The lowest BCUT2D eigenvalue weighted by atomic mass is 10.1. The minimum atomic E-state index is -0.203. The number of halogens is 2. The summed E-state index contributed by atoms with van der Waals surface area (Å²) in [6, 6.07) is 13.8. The molecule has 4 nitrogen and oxygen atoms in total. The summed E-state index contributed by atoms with van der Waals surface area (Å²) in [5.74, 6) is 0.569. The Kier molecular flexibility index (Phi) is 6.80. The van der Waals surface area contributed by atoms with Gasteiger partial charge in [0, 0.05) is 23.6 Å². The van der Waals surface area contributed by atoms with Crippen LogP contribution in [-0.2, 0) is 24.0 Å². The molecule has 162 valence electrons. The minimum Gasteiger partial charge on any atom is -0.465 e. The fourth-order valence-electron chi connectivity index (χ4n) is 4.10. The first-order chi connectivity index (χ1) is 15.0. The first kappa shape index (κ1) is 22.1. The number of hydrogen-bond acceptors (Lipinski definition) is 4. The highest BCUT2D eigenvalue weighted by Crippen LogP contribution is 2.38. The molecule has 0 saturated carbocycles. The highest BCUT2D eigenvalue weighted by Gasteiger charge is 2.35. The summed E-state index contributed by atoms with van der Waals surface area (Å²) in [5.41, 5.74) is 5.68. The molecule has 0 bridgehead atoms. The van der Waals surface area contributed by atoms with Gasteiger partial charge in [-0.1, -0.05) is 61.3 Å². The lowest BCUT2D eigenvalue weighted by Crippen LogP contribution is -2.24. The summed E-state index contributed by atoms with van der Waals surface area (Å²) in [4.78, 5) is 9.84. The monoisotopic (exact) mass is 456 g/mol. The Balaban J connectivity index is 1.75. The van der Waals surface area contributed by atoms with Gasteiger partial charge in [-0.2, -0.15) is 0 Å². The number of benzene rings is 2. The lowest BCUT2D eigenvalue weighted by Gasteiger charge is -2.23. The number of nitrogens with zero attached hydrogens (tertiary/aromatic N) is 2. The van der Waals surface area contributed by atoms with Crippen LogP contribution in [0.3, 0.4) is 0 Å². The van der Waals surface area contributed by atoms with Crippen molar-refractivity contribution in [2.24, 2.45) is 0 Å². The van der Waals surface area contributed by atoms with Gasteiger partial charge in [0.2, 0.25) is 5.88 Å². The molecule has 1 heterocycles. The van der Waals surface area contributed by atoms with E-state index in [1.165, 1.54) is 5.56 Å². The second-order valence-electron chi connectivity index (χ2n) is 7.54. The van der Waals surface area contributed by atoms with Crippen molar-refractivity contribution in [2.75, 3.05) is 6.61 Å². The van der Waals surface area contributed by atoms with E-state index >= 15 is 0 Å². The van der Waals surface area contributed by atoms with Crippen molar-refractivity contribution in [3.8, 4) is 17.1 Å². The van der Waals surface area contributed by atoms with Crippen molar-refractivity contribution in [3.05, 3.63) is 75.0 Å². The van der Waals surface area contributed by atoms with Gasteiger partial charge in [0.1, 0.15) is 11.8 Å². The van der Waals surface area contributed by atoms with Crippen LogP contribution >= 0.6 is 23.2 Å². The molecular weight excluding hydrogens is 431 g/mol. The number of rotatable bonds is 7. The Labute approximate surface area is 193 Å². The van der Waals surface area contributed by atoms with Crippen molar-refractivity contribution in [3.63, 3.8) is 0 Å². The smallest absolute Gasteiger partial charge is 0.236 e. The topological polar surface area (TPSA) is 44.2 Å². The van der Waals surface area contributed by atoms with Crippen LogP contribution in [0.2, 0.25) is 10.0 Å². The Hall–Kier alpha value is -2.14. The summed E-state index contributed by atoms with van der Waals surface area (Å²) in [5, 5.41) is 1.16. The summed E-state index contributed by atoms with van der Waals surface area (Å²) in [7, 11) is 0. The van der Waals surface area contributed by atoms with Crippen LogP contribution in [0.5, 0.6) is 5.88 Å². The fourth-order valence-corrected chi connectivity index (χ4v) is 4.60. The molecule has 0 saturated heterocycles. The second kappa shape index (κ2) is 9.56. The third-order valence-electron chi connectivity index (χ3n) is 5.60. The van der Waals surface area contributed by atoms with Crippen LogP contribution in [0, 0.1) is 0 Å². The highest BCUT2D eigenvalue weighted by atomic mass is 35.5. The molecule has 2 atom stereocenters. The zero-order valence-electron chi connectivity index (χ0n) is 18.0. The standard InChI is InChI=1S/C25H26Cl2N2O2/c1-4-20-23(18-12-11-16(26)14-19(18)27)28-21(5-2)25(29-20)31-24-17-10-8-7-9-15(17)13-22(24)30-6-3/h7-12,14,22,24H,4-6,13H2,1-3H3/t22-,24+/m0/s1. The van der Waals surface area contributed by atoms with Crippen LogP contribution in [-0.4, -0.2) is 22.7 Å². The van der Waals surface area contributed by atoms with Crippen molar-refractivity contribution in [1.82, 2.24) is 9.97 Å². The van der Waals surface area contributed by atoms with Crippen molar-refractivity contribution in [1.29, 1.82) is 0 Å². The fraction of sp³-hybridized carbons (Fsp3) is 0.360. The molecule has 0 spiro atoms. The van der Waals surface area contributed by atoms with Gasteiger partial charge in [0.05, 0.1) is 16.4 Å². The minimum absolute atomic E-state index is 0.0376. The van der Waals surface area contributed by atoms with Gasteiger partial charge in [-0.15, -0.1) is 0 Å². The van der Waals surface area contributed by atoms with E-state index in [-0.39, 0.29) is 12.2 Å². The Morgan fingerprint density at radius 3 is 2.45 bits per heavy atom. The van der Waals surface area contributed by atoms with E-state index in [9.17, 15) is 0 Å². The Morgan fingerprint density at radius 2 is 1.74 bits per heavy atom. The maximum Gasteiger partial charge on any atom is 0.236 e. The van der Waals surface area contributed by atoms with Gasteiger partial charge in [-0.25, -0.2) is 9.97 Å². The summed E-state index contributed by atoms with van der Waals surface area (Å²) >= 11 is 12.6. The van der Waals surface area contributed by atoms with Crippen LogP contribution in [0.15, 0.2) is 42.5 Å². The zero-order chi connectivity index (χ0) is 22.0. The summed E-state index contributed by atoms with van der Waals surface area (Å²) < 4.78 is 12.5. The molecule has 0 amide bonds. The average Bonchev–Trinajstić information content (AvgIpc) is 3.11. The van der Waals surface area contributed by atoms with Gasteiger partial charge < -0.3 is 9.47 Å². The van der Waals surface area contributed by atoms with Gasteiger partial charge in [0.25, 0.3) is 0 Å². The molecule has 1 aliphatic carbocycles. The molecule has 2 aromatic carbocycles. The third kappa shape index (κ3) is 4.43. The number of fused-ring (bicyclic) bond motifs is 1. The van der Waals surface area contributed by atoms with E-state index in [4.69, 9.17) is 42.6 Å². The van der Waals surface area contributed by atoms with Crippen molar-refractivity contribution < 1.29 is 9.47 Å². The maximum absolute atomic E-state index is 6.52. The maximum atomic E-state index is 6.52. The van der Waals surface area contributed by atoms with E-state index in [2.05, 4.69) is 32.0 Å². The van der Waals surface area contributed by atoms with Crippen molar-refractivity contribution in [2.45, 2.75) is 52.2 Å². The normalized spacial score (nSPS) is 17.6. The summed E-state index contributed by atoms with van der Waals surface area (Å²) in [6.45, 7) is 6.76. The molecule has 3 aromatic rings. The molecule has 1 aliphatic rings. The predicted molar refractivity (Wildman–Crippen MR) is 125 cm³/mol. The van der Waals surface area contributed by atoms with Gasteiger partial charge >= 0.3 is 0 Å². The molecule has 0 radical (unpaired) electrons. The molecule has 31 heavy (non-hydrogen) atoms. The molecule has 1 aromatic heterocycles. The van der Waals surface area contributed by atoms with Crippen LogP contribution in [0.4, 0.5) is 0 Å². The highest BCUT2D eigenvalue weighted by molar-refractivity contribution is 6.36. The number of ether oxygens (including phenoxy) is 2. The average molecular weight is 457 g/mol. The number of hydrogen-bond donors (Lipinski definition) is 0. The largest absolute Gasteiger partial charge is 0.465 e. The van der Waals surface area contributed by atoms with Crippen LogP contribution < -0.4 is 4.74 Å². The van der Waals surface area contributed by atoms with Gasteiger partial charge in [-0.05, 0) is 49.1 Å². The van der Waals surface area contributed by atoms with E-state index in [0.717, 1.165) is 34.6 Å². The molecular formula is C25H26Cl2N2O2. The molecule has 6 heteroatoms.